The number of piperidine rings is 1. The van der Waals surface area contributed by atoms with Crippen molar-refractivity contribution in [1.82, 2.24) is 10.4 Å². The van der Waals surface area contributed by atoms with Crippen LogP contribution in [0.25, 0.3) is 6.08 Å². The quantitative estimate of drug-likeness (QED) is 0.411. The third kappa shape index (κ3) is 5.00. The van der Waals surface area contributed by atoms with Gasteiger partial charge in [-0.2, -0.15) is 0 Å². The van der Waals surface area contributed by atoms with Crippen LogP contribution in [0.3, 0.4) is 0 Å². The number of hydroxylamine groups is 1. The standard InChI is InChI=1S/C25H28N2O5/c1-31-20-4-2-3-18(15-20)9-12-27-13-10-25(11-14-27)17-22(28)21-16-19(5-7-23(21)32-25)6-8-24(29)26-30/h2-8,15-16,30H,9-14,17H2,1H3,(H,26,29)/b8-6+. The van der Waals surface area contributed by atoms with Crippen LogP contribution >= 0.6 is 0 Å². The molecule has 0 radical (unpaired) electrons. The molecule has 0 aliphatic carbocycles. The maximum Gasteiger partial charge on any atom is 0.267 e. The summed E-state index contributed by atoms with van der Waals surface area (Å²) in [6.45, 7) is 2.75. The number of hydrogen-bond acceptors (Lipinski definition) is 6. The monoisotopic (exact) mass is 436 g/mol. The van der Waals surface area contributed by atoms with Crippen LogP contribution in [0.4, 0.5) is 0 Å². The van der Waals surface area contributed by atoms with E-state index in [1.807, 2.05) is 12.1 Å². The molecule has 2 heterocycles. The van der Waals surface area contributed by atoms with Gasteiger partial charge in [-0.1, -0.05) is 18.2 Å². The Balaban J connectivity index is 1.36. The molecule has 32 heavy (non-hydrogen) atoms. The first-order chi connectivity index (χ1) is 15.5. The lowest BCUT2D eigenvalue weighted by Crippen LogP contribution is -2.51. The first kappa shape index (κ1) is 22.0. The number of ketones is 1. The van der Waals surface area contributed by atoms with Crippen molar-refractivity contribution in [2.45, 2.75) is 31.3 Å². The summed E-state index contributed by atoms with van der Waals surface area (Å²) in [5, 5.41) is 8.59. The van der Waals surface area contributed by atoms with Crippen molar-refractivity contribution in [3.8, 4) is 11.5 Å². The van der Waals surface area contributed by atoms with E-state index in [0.29, 0.717) is 23.3 Å². The van der Waals surface area contributed by atoms with Crippen molar-refractivity contribution in [1.29, 1.82) is 0 Å². The number of ether oxygens (including phenoxy) is 2. The highest BCUT2D eigenvalue weighted by atomic mass is 16.5. The minimum atomic E-state index is -0.623. The van der Waals surface area contributed by atoms with Gasteiger partial charge in [0, 0.05) is 38.6 Å². The molecule has 7 heteroatoms. The van der Waals surface area contributed by atoms with Gasteiger partial charge in [-0.15, -0.1) is 0 Å². The van der Waals surface area contributed by atoms with Gasteiger partial charge in [0.25, 0.3) is 5.91 Å². The number of nitrogens with one attached hydrogen (secondary N) is 1. The first-order valence-electron chi connectivity index (χ1n) is 10.8. The van der Waals surface area contributed by atoms with E-state index >= 15 is 0 Å². The number of likely N-dealkylation sites (tertiary alicyclic amines) is 1. The molecule has 4 rings (SSSR count). The Hall–Kier alpha value is -3.16. The molecule has 168 valence electrons. The normalized spacial score (nSPS) is 17.8. The zero-order valence-corrected chi connectivity index (χ0v) is 18.2. The van der Waals surface area contributed by atoms with Crippen LogP contribution < -0.4 is 15.0 Å². The molecular weight excluding hydrogens is 408 g/mol. The number of amides is 1. The second kappa shape index (κ2) is 9.54. The van der Waals surface area contributed by atoms with Gasteiger partial charge in [0.1, 0.15) is 17.1 Å². The number of carbonyl (C=O) groups is 2. The Morgan fingerprint density at radius 3 is 2.81 bits per heavy atom. The third-order valence-electron chi connectivity index (χ3n) is 6.27. The summed E-state index contributed by atoms with van der Waals surface area (Å²) in [6.07, 6.45) is 5.71. The van der Waals surface area contributed by atoms with Crippen LogP contribution in [0.5, 0.6) is 11.5 Å². The predicted octanol–water partition coefficient (Wildman–Crippen LogP) is 3.26. The van der Waals surface area contributed by atoms with E-state index in [9.17, 15) is 9.59 Å². The highest BCUT2D eigenvalue weighted by Gasteiger charge is 2.42. The molecule has 7 nitrogen and oxygen atoms in total. The molecule has 0 atom stereocenters. The highest BCUT2D eigenvalue weighted by molar-refractivity contribution is 6.01. The third-order valence-corrected chi connectivity index (χ3v) is 6.27. The number of benzene rings is 2. The molecule has 2 aromatic rings. The summed E-state index contributed by atoms with van der Waals surface area (Å²) in [4.78, 5) is 26.5. The number of nitrogens with zero attached hydrogens (tertiary/aromatic N) is 1. The molecule has 2 aliphatic rings. The van der Waals surface area contributed by atoms with E-state index in [4.69, 9.17) is 14.7 Å². The zero-order valence-electron chi connectivity index (χ0n) is 18.2. The van der Waals surface area contributed by atoms with Gasteiger partial charge in [-0.3, -0.25) is 14.8 Å². The minimum absolute atomic E-state index is 0.0675. The molecule has 2 aromatic carbocycles. The topological polar surface area (TPSA) is 88.1 Å². The Labute approximate surface area is 187 Å². The number of methoxy groups -OCH3 is 1. The minimum Gasteiger partial charge on any atom is -0.497 e. The lowest BCUT2D eigenvalue weighted by Gasteiger charge is -2.44. The summed E-state index contributed by atoms with van der Waals surface area (Å²) in [5.41, 5.74) is 3.60. The molecule has 2 N–H and O–H groups in total. The fraction of sp³-hybridized carbons (Fsp3) is 0.360. The van der Waals surface area contributed by atoms with Gasteiger partial charge in [0.2, 0.25) is 0 Å². The van der Waals surface area contributed by atoms with Crippen molar-refractivity contribution in [2.24, 2.45) is 0 Å². The lowest BCUT2D eigenvalue weighted by atomic mass is 9.82. The summed E-state index contributed by atoms with van der Waals surface area (Å²) in [5.74, 6) is 0.929. The number of carbonyl (C=O) groups excluding carboxylic acids is 2. The van der Waals surface area contributed by atoms with Crippen molar-refractivity contribution < 1.29 is 24.3 Å². The molecule has 0 saturated carbocycles. The number of fused-ring (bicyclic) bond motifs is 1. The Kier molecular flexibility index (Phi) is 6.58. The van der Waals surface area contributed by atoms with Crippen LogP contribution in [0.2, 0.25) is 0 Å². The molecule has 1 amide bonds. The summed E-state index contributed by atoms with van der Waals surface area (Å²) in [6, 6.07) is 13.5. The SMILES string of the molecule is COc1cccc(CCN2CCC3(CC2)CC(=O)c2cc(/C=C/C(=O)NO)ccc2O3)c1. The van der Waals surface area contributed by atoms with Crippen molar-refractivity contribution >= 4 is 17.8 Å². The lowest BCUT2D eigenvalue weighted by molar-refractivity contribution is -0.124. The van der Waals surface area contributed by atoms with E-state index in [1.54, 1.807) is 36.9 Å². The summed E-state index contributed by atoms with van der Waals surface area (Å²) in [7, 11) is 1.68. The van der Waals surface area contributed by atoms with E-state index < -0.39 is 11.5 Å². The Morgan fingerprint density at radius 2 is 2.06 bits per heavy atom. The average molecular weight is 437 g/mol. The van der Waals surface area contributed by atoms with Crippen molar-refractivity contribution in [2.75, 3.05) is 26.7 Å². The molecule has 1 saturated heterocycles. The van der Waals surface area contributed by atoms with Gasteiger partial charge in [-0.25, -0.2) is 5.48 Å². The van der Waals surface area contributed by atoms with Gasteiger partial charge < -0.3 is 14.4 Å². The van der Waals surface area contributed by atoms with E-state index in [1.165, 1.54) is 11.6 Å². The molecule has 0 bridgehead atoms. The summed E-state index contributed by atoms with van der Waals surface area (Å²) < 4.78 is 11.7. The van der Waals surface area contributed by atoms with Crippen molar-refractivity contribution in [3.05, 3.63) is 65.2 Å². The van der Waals surface area contributed by atoms with Crippen LogP contribution in [0.15, 0.2) is 48.5 Å². The Bertz CT molecular complexity index is 1020. The maximum absolute atomic E-state index is 12.9. The zero-order chi connectivity index (χ0) is 22.6. The molecule has 1 spiro atoms. The van der Waals surface area contributed by atoms with Gasteiger partial charge >= 0.3 is 0 Å². The van der Waals surface area contributed by atoms with E-state index in [0.717, 1.165) is 44.6 Å². The smallest absolute Gasteiger partial charge is 0.267 e. The second-order valence-corrected chi connectivity index (χ2v) is 8.39. The fourth-order valence-corrected chi connectivity index (χ4v) is 4.40. The molecule has 0 aromatic heterocycles. The number of hydrogen-bond donors (Lipinski definition) is 2. The Morgan fingerprint density at radius 1 is 1.25 bits per heavy atom. The van der Waals surface area contributed by atoms with Gasteiger partial charge in [-0.05, 0) is 47.9 Å². The predicted molar refractivity (Wildman–Crippen MR) is 120 cm³/mol. The fourth-order valence-electron chi connectivity index (χ4n) is 4.40. The van der Waals surface area contributed by atoms with Crippen LogP contribution in [-0.2, 0) is 11.2 Å². The molecule has 0 unspecified atom stereocenters. The first-order valence-corrected chi connectivity index (χ1v) is 10.8. The van der Waals surface area contributed by atoms with Crippen LogP contribution in [0.1, 0.15) is 40.7 Å². The van der Waals surface area contributed by atoms with Crippen molar-refractivity contribution in [3.63, 3.8) is 0 Å². The van der Waals surface area contributed by atoms with E-state index in [-0.39, 0.29) is 5.78 Å². The summed E-state index contributed by atoms with van der Waals surface area (Å²) >= 11 is 0. The second-order valence-electron chi connectivity index (χ2n) is 8.39. The van der Waals surface area contributed by atoms with Crippen LogP contribution in [-0.4, -0.2) is 54.1 Å². The van der Waals surface area contributed by atoms with Crippen LogP contribution in [0, 0.1) is 0 Å². The largest absolute Gasteiger partial charge is 0.497 e. The number of Topliss-reactive ketones (excluding diaryl/α,β-unsaturated/α-hetero) is 1. The molecule has 1 fully saturated rings. The van der Waals surface area contributed by atoms with E-state index in [2.05, 4.69) is 17.0 Å². The average Bonchev–Trinajstić information content (AvgIpc) is 2.82. The molecular formula is C25H28N2O5. The highest BCUT2D eigenvalue weighted by Crippen LogP contribution is 2.39. The number of rotatable bonds is 6. The maximum atomic E-state index is 12.9. The van der Waals surface area contributed by atoms with Gasteiger partial charge in [0.05, 0.1) is 19.1 Å². The molecule has 2 aliphatic heterocycles. The van der Waals surface area contributed by atoms with Gasteiger partial charge in [0.15, 0.2) is 5.78 Å².